The number of halogens is 1. The van der Waals surface area contributed by atoms with Crippen LogP contribution in [0.4, 0.5) is 0 Å². The van der Waals surface area contributed by atoms with E-state index in [4.69, 9.17) is 0 Å². The Hall–Kier alpha value is -0.900. The molecule has 0 aliphatic heterocycles. The number of rotatable bonds is 2. The van der Waals surface area contributed by atoms with Gasteiger partial charge in [-0.2, -0.15) is 0 Å². The lowest BCUT2D eigenvalue weighted by atomic mass is 9.71. The largest absolute Gasteiger partial charge is 0.293 e. The summed E-state index contributed by atoms with van der Waals surface area (Å²) < 4.78 is 0.830. The van der Waals surface area contributed by atoms with Crippen molar-refractivity contribution in [2.24, 2.45) is 0 Å². The maximum absolute atomic E-state index is 12.5. The Labute approximate surface area is 122 Å². The van der Waals surface area contributed by atoms with E-state index in [0.29, 0.717) is 0 Å². The molecule has 0 amide bonds. The minimum atomic E-state index is -0.418. The zero-order chi connectivity index (χ0) is 13.3. The van der Waals surface area contributed by atoms with E-state index in [-0.39, 0.29) is 5.78 Å². The Morgan fingerprint density at radius 2 is 2.00 bits per heavy atom. The van der Waals surface area contributed by atoms with Crippen LogP contribution in [0.3, 0.4) is 0 Å². The van der Waals surface area contributed by atoms with E-state index in [0.717, 1.165) is 15.6 Å². The molecule has 0 spiro atoms. The van der Waals surface area contributed by atoms with Gasteiger partial charge in [0, 0.05) is 0 Å². The third-order valence-electron chi connectivity index (χ3n) is 3.47. The predicted molar refractivity (Wildman–Crippen MR) is 84.8 cm³/mol. The minimum Gasteiger partial charge on any atom is -0.293 e. The summed E-state index contributed by atoms with van der Waals surface area (Å²) in [6.45, 7) is 6.20. The van der Waals surface area contributed by atoms with Gasteiger partial charge in [-0.3, -0.25) is 4.79 Å². The molecule has 2 heteroatoms. The van der Waals surface area contributed by atoms with E-state index in [9.17, 15) is 4.79 Å². The number of hydrogen-bond donors (Lipinski definition) is 0. The molecule has 1 aliphatic carbocycles. The standard InChI is InChI=1S/C16H17IO/c1-11(2)8-9-16(3)13-7-5-4-6-12(13)10-14(17)15(16)18/h4-8,10H,9H2,1-3H3. The normalized spacial score (nSPS) is 22.2. The number of hydrogen-bond acceptors (Lipinski definition) is 1. The molecule has 0 radical (unpaired) electrons. The highest BCUT2D eigenvalue weighted by atomic mass is 127. The third-order valence-corrected chi connectivity index (χ3v) is 4.28. The summed E-state index contributed by atoms with van der Waals surface area (Å²) in [5.74, 6) is 0.235. The lowest BCUT2D eigenvalue weighted by molar-refractivity contribution is -0.119. The fourth-order valence-electron chi connectivity index (χ4n) is 2.32. The van der Waals surface area contributed by atoms with Gasteiger partial charge in [-0.15, -0.1) is 0 Å². The van der Waals surface area contributed by atoms with Crippen LogP contribution in [0.1, 0.15) is 38.3 Å². The van der Waals surface area contributed by atoms with Crippen LogP contribution in [-0.2, 0) is 10.2 Å². The van der Waals surface area contributed by atoms with Crippen LogP contribution in [0.25, 0.3) is 6.08 Å². The summed E-state index contributed by atoms with van der Waals surface area (Å²) in [4.78, 5) is 12.5. The van der Waals surface area contributed by atoms with E-state index in [2.05, 4.69) is 61.6 Å². The number of carbonyl (C=O) groups is 1. The van der Waals surface area contributed by atoms with Crippen LogP contribution in [0.15, 0.2) is 39.5 Å². The van der Waals surface area contributed by atoms with Gasteiger partial charge in [-0.05, 0) is 67.0 Å². The molecule has 18 heavy (non-hydrogen) atoms. The fourth-order valence-corrected chi connectivity index (χ4v) is 3.25. The summed E-state index contributed by atoms with van der Waals surface area (Å²) in [6.07, 6.45) is 4.91. The van der Waals surface area contributed by atoms with Crippen LogP contribution >= 0.6 is 22.6 Å². The van der Waals surface area contributed by atoms with Crippen LogP contribution in [0.2, 0.25) is 0 Å². The number of ketones is 1. The Morgan fingerprint density at radius 3 is 2.67 bits per heavy atom. The van der Waals surface area contributed by atoms with Crippen LogP contribution in [0.5, 0.6) is 0 Å². The van der Waals surface area contributed by atoms with Crippen molar-refractivity contribution in [2.75, 3.05) is 0 Å². The lowest BCUT2D eigenvalue weighted by Crippen LogP contribution is -2.35. The van der Waals surface area contributed by atoms with Gasteiger partial charge in [0.05, 0.1) is 8.99 Å². The average molecular weight is 352 g/mol. The second-order valence-corrected chi connectivity index (χ2v) is 6.39. The first-order valence-corrected chi connectivity index (χ1v) is 7.18. The maximum Gasteiger partial charge on any atom is 0.179 e. The van der Waals surface area contributed by atoms with Gasteiger partial charge >= 0.3 is 0 Å². The van der Waals surface area contributed by atoms with Crippen molar-refractivity contribution in [3.63, 3.8) is 0 Å². The molecule has 0 fully saturated rings. The van der Waals surface area contributed by atoms with E-state index in [1.54, 1.807) is 0 Å². The minimum absolute atomic E-state index is 0.235. The molecule has 0 bridgehead atoms. The predicted octanol–water partition coefficient (Wildman–Crippen LogP) is 4.66. The second-order valence-electron chi connectivity index (χ2n) is 5.23. The van der Waals surface area contributed by atoms with Gasteiger partial charge in [0.25, 0.3) is 0 Å². The highest BCUT2D eigenvalue weighted by molar-refractivity contribution is 14.1. The third kappa shape index (κ3) is 2.30. The quantitative estimate of drug-likeness (QED) is 0.559. The van der Waals surface area contributed by atoms with E-state index in [1.165, 1.54) is 11.1 Å². The first-order chi connectivity index (χ1) is 8.45. The molecule has 0 aromatic heterocycles. The first kappa shape index (κ1) is 13.5. The molecule has 2 rings (SSSR count). The molecular formula is C16H17IO. The summed E-state index contributed by atoms with van der Waals surface area (Å²) in [7, 11) is 0. The van der Waals surface area contributed by atoms with Crippen LogP contribution in [0, 0.1) is 0 Å². The molecule has 1 nitrogen and oxygen atoms in total. The molecule has 0 saturated heterocycles. The molecule has 1 unspecified atom stereocenters. The van der Waals surface area contributed by atoms with Crippen LogP contribution in [-0.4, -0.2) is 5.78 Å². The van der Waals surface area contributed by atoms with Crippen molar-refractivity contribution in [3.8, 4) is 0 Å². The Bertz CT molecular complexity index is 550. The zero-order valence-electron chi connectivity index (χ0n) is 11.0. The molecule has 0 N–H and O–H groups in total. The topological polar surface area (TPSA) is 17.1 Å². The van der Waals surface area contributed by atoms with Crippen LogP contribution < -0.4 is 0 Å². The second kappa shape index (κ2) is 5.00. The van der Waals surface area contributed by atoms with Crippen molar-refractivity contribution in [2.45, 2.75) is 32.6 Å². The molecule has 0 heterocycles. The van der Waals surface area contributed by atoms with Crippen molar-refractivity contribution >= 4 is 34.5 Å². The van der Waals surface area contributed by atoms with E-state index >= 15 is 0 Å². The Kier molecular flexibility index (Phi) is 3.76. The number of fused-ring (bicyclic) bond motifs is 1. The molecule has 1 aromatic rings. The van der Waals surface area contributed by atoms with Gasteiger partial charge in [-0.25, -0.2) is 0 Å². The van der Waals surface area contributed by atoms with E-state index in [1.807, 2.05) is 18.2 Å². The lowest BCUT2D eigenvalue weighted by Gasteiger charge is -2.32. The average Bonchev–Trinajstić information content (AvgIpc) is 2.34. The van der Waals surface area contributed by atoms with E-state index < -0.39 is 5.41 Å². The van der Waals surface area contributed by atoms with Crippen molar-refractivity contribution in [3.05, 3.63) is 50.6 Å². The molecule has 0 saturated carbocycles. The van der Waals surface area contributed by atoms with Crippen molar-refractivity contribution in [1.82, 2.24) is 0 Å². The Balaban J connectivity index is 2.55. The zero-order valence-corrected chi connectivity index (χ0v) is 13.1. The number of allylic oxidation sites excluding steroid dienone is 3. The summed E-state index contributed by atoms with van der Waals surface area (Å²) in [5, 5.41) is 0. The highest BCUT2D eigenvalue weighted by Crippen LogP contribution is 2.40. The summed E-state index contributed by atoms with van der Waals surface area (Å²) in [6, 6.07) is 8.20. The maximum atomic E-state index is 12.5. The number of Topliss-reactive ketones (excluding diaryl/α,β-unsaturated/α-hetero) is 1. The SMILES string of the molecule is CC(C)=CCC1(C)C(=O)C(I)=Cc2ccccc21. The van der Waals surface area contributed by atoms with Crippen molar-refractivity contribution < 1.29 is 4.79 Å². The van der Waals surface area contributed by atoms with Gasteiger partial charge in [0.15, 0.2) is 5.78 Å². The first-order valence-electron chi connectivity index (χ1n) is 6.10. The smallest absolute Gasteiger partial charge is 0.179 e. The molecule has 1 aromatic carbocycles. The fraction of sp³-hybridized carbons (Fsp3) is 0.312. The van der Waals surface area contributed by atoms with Gasteiger partial charge < -0.3 is 0 Å². The molecular weight excluding hydrogens is 335 g/mol. The highest BCUT2D eigenvalue weighted by Gasteiger charge is 2.39. The number of benzene rings is 1. The van der Waals surface area contributed by atoms with Gasteiger partial charge in [0.1, 0.15) is 0 Å². The molecule has 94 valence electrons. The van der Waals surface area contributed by atoms with Gasteiger partial charge in [-0.1, -0.05) is 35.9 Å². The number of carbonyl (C=O) groups excluding carboxylic acids is 1. The Morgan fingerprint density at radius 1 is 1.33 bits per heavy atom. The molecule has 1 aliphatic rings. The van der Waals surface area contributed by atoms with Gasteiger partial charge in [0.2, 0.25) is 0 Å². The summed E-state index contributed by atoms with van der Waals surface area (Å²) in [5.41, 5.74) is 3.16. The monoisotopic (exact) mass is 352 g/mol. The van der Waals surface area contributed by atoms with Crippen molar-refractivity contribution in [1.29, 1.82) is 0 Å². The molecule has 1 atom stereocenters. The summed E-state index contributed by atoms with van der Waals surface area (Å²) >= 11 is 2.15.